The first kappa shape index (κ1) is 13.9. The van der Waals surface area contributed by atoms with E-state index in [0.29, 0.717) is 18.5 Å². The van der Waals surface area contributed by atoms with E-state index in [2.05, 4.69) is 6.58 Å². The normalized spacial score (nSPS) is 11.7. The maximum Gasteiger partial charge on any atom is 0.242 e. The largest absolute Gasteiger partial charge is 0.392 e. The van der Waals surface area contributed by atoms with Crippen LogP contribution in [0, 0.1) is 0 Å². The van der Waals surface area contributed by atoms with Gasteiger partial charge in [-0.15, -0.1) is 6.58 Å². The van der Waals surface area contributed by atoms with Crippen LogP contribution < -0.4 is 0 Å². The van der Waals surface area contributed by atoms with E-state index in [1.54, 1.807) is 18.2 Å². The molecule has 0 saturated carbocycles. The van der Waals surface area contributed by atoms with Crippen molar-refractivity contribution in [1.29, 1.82) is 0 Å². The average Bonchev–Trinajstić information content (AvgIpc) is 2.35. The topological polar surface area (TPSA) is 57.6 Å². The molecule has 0 unspecified atom stereocenters. The second kappa shape index (κ2) is 5.95. The van der Waals surface area contributed by atoms with Crippen LogP contribution in [-0.2, 0) is 16.6 Å². The van der Waals surface area contributed by atoms with Gasteiger partial charge in [-0.3, -0.25) is 0 Å². The van der Waals surface area contributed by atoms with Crippen molar-refractivity contribution in [2.45, 2.75) is 17.9 Å². The minimum Gasteiger partial charge on any atom is -0.392 e. The fourth-order valence-corrected chi connectivity index (χ4v) is 2.63. The number of aliphatic hydroxyl groups is 1. The highest BCUT2D eigenvalue weighted by molar-refractivity contribution is 7.89. The molecule has 1 rings (SSSR count). The van der Waals surface area contributed by atoms with E-state index >= 15 is 0 Å². The zero-order valence-corrected chi connectivity index (χ0v) is 10.7. The number of hydrogen-bond donors (Lipinski definition) is 1. The van der Waals surface area contributed by atoms with Crippen molar-refractivity contribution in [1.82, 2.24) is 4.31 Å². The maximum absolute atomic E-state index is 12.1. The molecule has 0 radical (unpaired) electrons. The van der Waals surface area contributed by atoms with Gasteiger partial charge in [0.15, 0.2) is 0 Å². The molecule has 0 fully saturated rings. The van der Waals surface area contributed by atoms with Crippen molar-refractivity contribution in [3.63, 3.8) is 0 Å². The molecule has 1 aromatic carbocycles. The van der Waals surface area contributed by atoms with Gasteiger partial charge in [0.2, 0.25) is 10.0 Å². The summed E-state index contributed by atoms with van der Waals surface area (Å²) in [6.07, 6.45) is 2.28. The van der Waals surface area contributed by atoms with Crippen LogP contribution in [0.2, 0.25) is 0 Å². The van der Waals surface area contributed by atoms with Crippen molar-refractivity contribution in [2.24, 2.45) is 0 Å². The number of aliphatic hydroxyl groups excluding tert-OH is 1. The molecule has 0 aliphatic carbocycles. The molecule has 0 saturated heterocycles. The number of nitrogens with zero attached hydrogens (tertiary/aromatic N) is 1. The molecule has 1 aromatic rings. The predicted molar refractivity (Wildman–Crippen MR) is 67.0 cm³/mol. The third-order valence-electron chi connectivity index (χ3n) is 2.44. The monoisotopic (exact) mass is 255 g/mol. The first-order chi connectivity index (χ1) is 8.02. The lowest BCUT2D eigenvalue weighted by molar-refractivity contribution is 0.281. The average molecular weight is 255 g/mol. The third-order valence-corrected chi connectivity index (χ3v) is 4.29. The van der Waals surface area contributed by atoms with Gasteiger partial charge in [0.25, 0.3) is 0 Å². The highest BCUT2D eigenvalue weighted by Gasteiger charge is 2.19. The Balaban J connectivity index is 2.99. The first-order valence-electron chi connectivity index (χ1n) is 5.29. The summed E-state index contributed by atoms with van der Waals surface area (Å²) in [5.41, 5.74) is 0.586. The predicted octanol–water partition coefficient (Wildman–Crippen LogP) is 1.38. The van der Waals surface area contributed by atoms with Gasteiger partial charge < -0.3 is 5.11 Å². The molecule has 0 aliphatic rings. The van der Waals surface area contributed by atoms with E-state index in [-0.39, 0.29) is 11.5 Å². The molecule has 0 heterocycles. The molecule has 0 aliphatic heterocycles. The Kier molecular flexibility index (Phi) is 4.86. The van der Waals surface area contributed by atoms with Gasteiger partial charge in [-0.1, -0.05) is 18.2 Å². The Morgan fingerprint density at radius 3 is 2.76 bits per heavy atom. The molecule has 0 spiro atoms. The Labute approximate surface area is 102 Å². The SMILES string of the molecule is C=CCCN(C)S(=O)(=O)c1cccc(CO)c1. The lowest BCUT2D eigenvalue weighted by Gasteiger charge is -2.16. The fraction of sp³-hybridized carbons (Fsp3) is 0.333. The highest BCUT2D eigenvalue weighted by atomic mass is 32.2. The van der Waals surface area contributed by atoms with Gasteiger partial charge >= 0.3 is 0 Å². The van der Waals surface area contributed by atoms with Gasteiger partial charge in [-0.2, -0.15) is 0 Å². The quantitative estimate of drug-likeness (QED) is 0.781. The van der Waals surface area contributed by atoms with Crippen LogP contribution in [0.4, 0.5) is 0 Å². The number of benzene rings is 1. The van der Waals surface area contributed by atoms with Gasteiger partial charge in [-0.05, 0) is 24.1 Å². The van der Waals surface area contributed by atoms with Crippen molar-refractivity contribution in [2.75, 3.05) is 13.6 Å². The molecule has 1 N–H and O–H groups in total. The molecule has 0 amide bonds. The van der Waals surface area contributed by atoms with E-state index in [0.717, 1.165) is 0 Å². The van der Waals surface area contributed by atoms with Crippen molar-refractivity contribution < 1.29 is 13.5 Å². The van der Waals surface area contributed by atoms with Crippen LogP contribution in [0.1, 0.15) is 12.0 Å². The Morgan fingerprint density at radius 2 is 2.18 bits per heavy atom. The number of sulfonamides is 1. The van der Waals surface area contributed by atoms with E-state index in [1.807, 2.05) is 0 Å². The summed E-state index contributed by atoms with van der Waals surface area (Å²) in [6.45, 7) is 3.79. The summed E-state index contributed by atoms with van der Waals surface area (Å²) in [5, 5.41) is 8.99. The number of hydrogen-bond acceptors (Lipinski definition) is 3. The van der Waals surface area contributed by atoms with Gasteiger partial charge in [-0.25, -0.2) is 12.7 Å². The second-order valence-corrected chi connectivity index (χ2v) is 5.75. The zero-order valence-electron chi connectivity index (χ0n) is 9.83. The summed E-state index contributed by atoms with van der Waals surface area (Å²) in [4.78, 5) is 0.204. The summed E-state index contributed by atoms with van der Waals surface area (Å²) >= 11 is 0. The molecule has 17 heavy (non-hydrogen) atoms. The van der Waals surface area contributed by atoms with Crippen LogP contribution in [0.3, 0.4) is 0 Å². The van der Waals surface area contributed by atoms with E-state index in [4.69, 9.17) is 5.11 Å². The maximum atomic E-state index is 12.1. The van der Waals surface area contributed by atoms with Crippen molar-refractivity contribution >= 4 is 10.0 Å². The standard InChI is InChI=1S/C12H17NO3S/c1-3-4-8-13(2)17(15,16)12-7-5-6-11(9-12)10-14/h3,5-7,9,14H,1,4,8,10H2,2H3. The van der Waals surface area contributed by atoms with Crippen LogP contribution in [0.15, 0.2) is 41.8 Å². The van der Waals surface area contributed by atoms with Crippen molar-refractivity contribution in [3.05, 3.63) is 42.5 Å². The molecular formula is C12H17NO3S. The molecule has 0 atom stereocenters. The van der Waals surface area contributed by atoms with Gasteiger partial charge in [0.05, 0.1) is 11.5 Å². The van der Waals surface area contributed by atoms with Crippen molar-refractivity contribution in [3.8, 4) is 0 Å². The van der Waals surface area contributed by atoms with Crippen LogP contribution in [-0.4, -0.2) is 31.4 Å². The Bertz CT molecular complexity index is 482. The molecule has 5 heteroatoms. The molecule has 94 valence electrons. The molecular weight excluding hydrogens is 238 g/mol. The highest BCUT2D eigenvalue weighted by Crippen LogP contribution is 2.16. The molecule has 0 aromatic heterocycles. The fourth-order valence-electron chi connectivity index (χ4n) is 1.38. The minimum absolute atomic E-state index is 0.167. The zero-order chi connectivity index (χ0) is 12.9. The molecule has 4 nitrogen and oxygen atoms in total. The molecule has 0 bridgehead atoms. The summed E-state index contributed by atoms with van der Waals surface area (Å²) in [5.74, 6) is 0. The number of rotatable bonds is 6. The van der Waals surface area contributed by atoms with Crippen LogP contribution >= 0.6 is 0 Å². The summed E-state index contributed by atoms with van der Waals surface area (Å²) in [7, 11) is -1.94. The van der Waals surface area contributed by atoms with Crippen LogP contribution in [0.5, 0.6) is 0 Å². The summed E-state index contributed by atoms with van der Waals surface area (Å²) < 4.78 is 25.5. The van der Waals surface area contributed by atoms with E-state index < -0.39 is 10.0 Å². The summed E-state index contributed by atoms with van der Waals surface area (Å²) in [6, 6.07) is 6.32. The first-order valence-corrected chi connectivity index (χ1v) is 6.73. The van der Waals surface area contributed by atoms with Gasteiger partial charge in [0, 0.05) is 13.6 Å². The minimum atomic E-state index is -3.47. The van der Waals surface area contributed by atoms with Crippen LogP contribution in [0.25, 0.3) is 0 Å². The Hall–Kier alpha value is -1.17. The van der Waals surface area contributed by atoms with Gasteiger partial charge in [0.1, 0.15) is 0 Å². The Morgan fingerprint density at radius 1 is 1.47 bits per heavy atom. The van der Waals surface area contributed by atoms with E-state index in [9.17, 15) is 8.42 Å². The third kappa shape index (κ3) is 3.39. The van der Waals surface area contributed by atoms with E-state index in [1.165, 1.54) is 23.5 Å². The lowest BCUT2D eigenvalue weighted by atomic mass is 10.2. The smallest absolute Gasteiger partial charge is 0.242 e. The second-order valence-electron chi connectivity index (χ2n) is 3.71. The lowest BCUT2D eigenvalue weighted by Crippen LogP contribution is -2.27.